The highest BCUT2D eigenvalue weighted by Gasteiger charge is 2.31. The lowest BCUT2D eigenvalue weighted by molar-refractivity contribution is 0.0452. The molecule has 2 fully saturated rings. The van der Waals surface area contributed by atoms with E-state index in [0.717, 1.165) is 11.5 Å². The second-order valence-corrected chi connectivity index (χ2v) is 6.50. The van der Waals surface area contributed by atoms with Crippen molar-refractivity contribution in [3.05, 3.63) is 35.4 Å². The van der Waals surface area contributed by atoms with Crippen LogP contribution in [0.4, 0.5) is 0 Å². The molecule has 0 aliphatic heterocycles. The summed E-state index contributed by atoms with van der Waals surface area (Å²) in [5, 5.41) is 10.7. The molecule has 104 valence electrons. The first-order valence-electron chi connectivity index (χ1n) is 8.07. The Morgan fingerprint density at radius 2 is 1.74 bits per heavy atom. The molecular formula is C18H26O. The summed E-state index contributed by atoms with van der Waals surface area (Å²) < 4.78 is 0. The first kappa shape index (κ1) is 13.2. The fourth-order valence-electron chi connectivity index (χ4n) is 3.79. The SMILES string of the molecule is CCC1CCCCC1C(O)c1ccc(C2CC2)cc1. The van der Waals surface area contributed by atoms with Gasteiger partial charge < -0.3 is 5.11 Å². The van der Waals surface area contributed by atoms with Gasteiger partial charge in [-0.3, -0.25) is 0 Å². The van der Waals surface area contributed by atoms with E-state index in [4.69, 9.17) is 0 Å². The third-order valence-electron chi connectivity index (χ3n) is 5.22. The molecule has 19 heavy (non-hydrogen) atoms. The summed E-state index contributed by atoms with van der Waals surface area (Å²) in [7, 11) is 0. The van der Waals surface area contributed by atoms with Crippen LogP contribution in [0.1, 0.15) is 75.0 Å². The Morgan fingerprint density at radius 3 is 2.37 bits per heavy atom. The van der Waals surface area contributed by atoms with Crippen LogP contribution in [-0.2, 0) is 0 Å². The molecule has 1 aromatic carbocycles. The predicted molar refractivity (Wildman–Crippen MR) is 79.1 cm³/mol. The van der Waals surface area contributed by atoms with Crippen LogP contribution in [0.2, 0.25) is 0 Å². The highest BCUT2D eigenvalue weighted by molar-refractivity contribution is 5.29. The highest BCUT2D eigenvalue weighted by Crippen LogP contribution is 2.42. The van der Waals surface area contributed by atoms with Gasteiger partial charge in [0, 0.05) is 0 Å². The maximum absolute atomic E-state index is 10.7. The maximum Gasteiger partial charge on any atom is 0.0820 e. The summed E-state index contributed by atoms with van der Waals surface area (Å²) >= 11 is 0. The van der Waals surface area contributed by atoms with E-state index in [1.54, 1.807) is 0 Å². The number of hydrogen-bond acceptors (Lipinski definition) is 1. The minimum atomic E-state index is -0.251. The van der Waals surface area contributed by atoms with Crippen LogP contribution in [0.3, 0.4) is 0 Å². The Hall–Kier alpha value is -0.820. The molecular weight excluding hydrogens is 232 g/mol. The van der Waals surface area contributed by atoms with Gasteiger partial charge in [0.2, 0.25) is 0 Å². The second-order valence-electron chi connectivity index (χ2n) is 6.50. The van der Waals surface area contributed by atoms with Gasteiger partial charge in [-0.1, -0.05) is 56.9 Å². The van der Waals surface area contributed by atoms with E-state index in [2.05, 4.69) is 31.2 Å². The van der Waals surface area contributed by atoms with Crippen LogP contribution in [0, 0.1) is 11.8 Å². The zero-order valence-electron chi connectivity index (χ0n) is 12.0. The molecule has 2 aliphatic rings. The Kier molecular flexibility index (Phi) is 3.93. The van der Waals surface area contributed by atoms with E-state index in [9.17, 15) is 5.11 Å². The van der Waals surface area contributed by atoms with Gasteiger partial charge in [0.05, 0.1) is 6.10 Å². The molecule has 3 unspecified atom stereocenters. The van der Waals surface area contributed by atoms with Crippen LogP contribution in [-0.4, -0.2) is 5.11 Å². The van der Waals surface area contributed by atoms with Crippen molar-refractivity contribution >= 4 is 0 Å². The summed E-state index contributed by atoms with van der Waals surface area (Å²) in [6.07, 6.45) is 8.80. The zero-order chi connectivity index (χ0) is 13.2. The van der Waals surface area contributed by atoms with E-state index < -0.39 is 0 Å². The topological polar surface area (TPSA) is 20.2 Å². The Morgan fingerprint density at radius 1 is 1.05 bits per heavy atom. The lowest BCUT2D eigenvalue weighted by Crippen LogP contribution is -2.25. The molecule has 1 aromatic rings. The van der Waals surface area contributed by atoms with Crippen LogP contribution in [0.25, 0.3) is 0 Å². The van der Waals surface area contributed by atoms with Crippen molar-refractivity contribution in [2.24, 2.45) is 11.8 Å². The minimum absolute atomic E-state index is 0.251. The average molecular weight is 258 g/mol. The smallest absolute Gasteiger partial charge is 0.0820 e. The largest absolute Gasteiger partial charge is 0.388 e. The molecule has 0 radical (unpaired) electrons. The Bertz CT molecular complexity index is 404. The number of benzene rings is 1. The van der Waals surface area contributed by atoms with Crippen LogP contribution < -0.4 is 0 Å². The van der Waals surface area contributed by atoms with Crippen molar-refractivity contribution in [2.75, 3.05) is 0 Å². The molecule has 1 heteroatoms. The first-order valence-corrected chi connectivity index (χ1v) is 8.07. The molecule has 0 aromatic heterocycles. The number of aliphatic hydroxyl groups is 1. The van der Waals surface area contributed by atoms with Gasteiger partial charge in [-0.15, -0.1) is 0 Å². The predicted octanol–water partition coefficient (Wildman–Crippen LogP) is 4.81. The van der Waals surface area contributed by atoms with Gasteiger partial charge in [0.25, 0.3) is 0 Å². The van der Waals surface area contributed by atoms with E-state index in [-0.39, 0.29) is 6.10 Å². The molecule has 3 atom stereocenters. The van der Waals surface area contributed by atoms with E-state index in [0.29, 0.717) is 11.8 Å². The summed E-state index contributed by atoms with van der Waals surface area (Å²) in [6.45, 7) is 2.27. The van der Waals surface area contributed by atoms with E-state index in [1.165, 1.54) is 50.5 Å². The van der Waals surface area contributed by atoms with Crippen molar-refractivity contribution in [1.29, 1.82) is 0 Å². The summed E-state index contributed by atoms with van der Waals surface area (Å²) in [4.78, 5) is 0. The monoisotopic (exact) mass is 258 g/mol. The van der Waals surface area contributed by atoms with Gasteiger partial charge >= 0.3 is 0 Å². The molecule has 1 nitrogen and oxygen atoms in total. The van der Waals surface area contributed by atoms with Crippen molar-refractivity contribution < 1.29 is 5.11 Å². The lowest BCUT2D eigenvalue weighted by Gasteiger charge is -2.34. The van der Waals surface area contributed by atoms with Gasteiger partial charge in [-0.05, 0) is 48.1 Å². The van der Waals surface area contributed by atoms with Crippen LogP contribution in [0.15, 0.2) is 24.3 Å². The first-order chi connectivity index (χ1) is 9.29. The molecule has 0 amide bonds. The van der Waals surface area contributed by atoms with Crippen molar-refractivity contribution in [3.63, 3.8) is 0 Å². The highest BCUT2D eigenvalue weighted by atomic mass is 16.3. The molecule has 0 bridgehead atoms. The molecule has 2 saturated carbocycles. The molecule has 0 saturated heterocycles. The van der Waals surface area contributed by atoms with Gasteiger partial charge in [-0.25, -0.2) is 0 Å². The molecule has 1 N–H and O–H groups in total. The summed E-state index contributed by atoms with van der Waals surface area (Å²) in [6, 6.07) is 8.80. The van der Waals surface area contributed by atoms with Crippen molar-refractivity contribution in [1.82, 2.24) is 0 Å². The molecule has 0 spiro atoms. The third-order valence-corrected chi connectivity index (χ3v) is 5.22. The normalized spacial score (nSPS) is 29.2. The summed E-state index contributed by atoms with van der Waals surface area (Å²) in [5.74, 6) is 2.00. The standard InChI is InChI=1S/C18H26O/c1-2-13-5-3-4-6-17(13)18(19)16-11-9-15(10-12-16)14-7-8-14/h9-14,17-19H,2-8H2,1H3. The van der Waals surface area contributed by atoms with Crippen molar-refractivity contribution in [3.8, 4) is 0 Å². The number of rotatable bonds is 4. The molecule has 2 aliphatic carbocycles. The Labute approximate surface area is 117 Å². The fourth-order valence-corrected chi connectivity index (χ4v) is 3.79. The van der Waals surface area contributed by atoms with Gasteiger partial charge in [0.1, 0.15) is 0 Å². The molecule has 0 heterocycles. The van der Waals surface area contributed by atoms with Crippen LogP contribution >= 0.6 is 0 Å². The second kappa shape index (κ2) is 5.66. The maximum atomic E-state index is 10.7. The quantitative estimate of drug-likeness (QED) is 0.821. The lowest BCUT2D eigenvalue weighted by atomic mass is 9.73. The number of aliphatic hydroxyl groups excluding tert-OH is 1. The zero-order valence-corrected chi connectivity index (χ0v) is 12.0. The van der Waals surface area contributed by atoms with Crippen molar-refractivity contribution in [2.45, 2.75) is 63.9 Å². The Balaban J connectivity index is 1.72. The molecule has 3 rings (SSSR count). The van der Waals surface area contributed by atoms with E-state index >= 15 is 0 Å². The fraction of sp³-hybridized carbons (Fsp3) is 0.667. The summed E-state index contributed by atoms with van der Waals surface area (Å²) in [5.41, 5.74) is 2.60. The van der Waals surface area contributed by atoms with Crippen LogP contribution in [0.5, 0.6) is 0 Å². The van der Waals surface area contributed by atoms with E-state index in [1.807, 2.05) is 0 Å². The number of hydrogen-bond donors (Lipinski definition) is 1. The van der Waals surface area contributed by atoms with Gasteiger partial charge in [0.15, 0.2) is 0 Å². The average Bonchev–Trinajstić information content (AvgIpc) is 3.31. The third kappa shape index (κ3) is 2.86. The van der Waals surface area contributed by atoms with Gasteiger partial charge in [-0.2, -0.15) is 0 Å². The minimum Gasteiger partial charge on any atom is -0.388 e.